The number of carbonyl (C=O) groups is 2. The molecule has 0 atom stereocenters. The summed E-state index contributed by atoms with van der Waals surface area (Å²) >= 11 is 3.46. The summed E-state index contributed by atoms with van der Waals surface area (Å²) < 4.78 is 6.41. The van der Waals surface area contributed by atoms with Gasteiger partial charge in [0.15, 0.2) is 6.61 Å². The number of carbonyl (C=O) groups excluding carboxylic acids is 2. The third-order valence-corrected chi connectivity index (χ3v) is 5.25. The largest absolute Gasteiger partial charge is 0.483 e. The first kappa shape index (κ1) is 21.6. The molecule has 3 aromatic rings. The molecule has 154 valence electrons. The Morgan fingerprint density at radius 2 is 1.70 bits per heavy atom. The Balaban J connectivity index is 1.56. The average Bonchev–Trinajstić information content (AvgIpc) is 2.78. The Hall–Kier alpha value is -3.12. The lowest BCUT2D eigenvalue weighted by molar-refractivity contribution is -0.118. The maximum absolute atomic E-state index is 12.6. The standard InChI is InChI=1S/C24H23BrN2O3/c1-3-17-9-14-22(21(25)15-17)30-16-23(28)26-19-12-10-18(11-13-19)24(29)27(2)20-7-5-4-6-8-20/h4-15H,3,16H2,1-2H3,(H,26,28). The number of nitrogens with one attached hydrogen (secondary N) is 1. The predicted molar refractivity (Wildman–Crippen MR) is 123 cm³/mol. The number of rotatable bonds is 7. The first-order valence-corrected chi connectivity index (χ1v) is 10.4. The lowest BCUT2D eigenvalue weighted by Crippen LogP contribution is -2.26. The van der Waals surface area contributed by atoms with Gasteiger partial charge in [-0.05, 0) is 76.4 Å². The van der Waals surface area contributed by atoms with Crippen molar-refractivity contribution in [1.29, 1.82) is 0 Å². The maximum Gasteiger partial charge on any atom is 0.262 e. The molecule has 0 aromatic heterocycles. The van der Waals surface area contributed by atoms with E-state index < -0.39 is 0 Å². The summed E-state index contributed by atoms with van der Waals surface area (Å²) in [6, 6.07) is 22.0. The monoisotopic (exact) mass is 466 g/mol. The van der Waals surface area contributed by atoms with E-state index in [0.29, 0.717) is 17.0 Å². The number of hydrogen-bond donors (Lipinski definition) is 1. The molecule has 3 aromatic carbocycles. The van der Waals surface area contributed by atoms with Gasteiger partial charge >= 0.3 is 0 Å². The number of amides is 2. The number of anilines is 2. The topological polar surface area (TPSA) is 58.6 Å². The van der Waals surface area contributed by atoms with Crippen molar-refractivity contribution in [2.24, 2.45) is 0 Å². The van der Waals surface area contributed by atoms with Crippen molar-refractivity contribution in [3.05, 3.63) is 88.4 Å². The fraction of sp³-hybridized carbons (Fsp3) is 0.167. The Kier molecular flexibility index (Phi) is 7.25. The number of benzene rings is 3. The zero-order valence-corrected chi connectivity index (χ0v) is 18.5. The molecule has 30 heavy (non-hydrogen) atoms. The van der Waals surface area contributed by atoms with Gasteiger partial charge in [0.25, 0.3) is 11.8 Å². The summed E-state index contributed by atoms with van der Waals surface area (Å²) in [6.07, 6.45) is 0.930. The van der Waals surface area contributed by atoms with E-state index in [1.807, 2.05) is 48.5 Å². The van der Waals surface area contributed by atoms with E-state index in [-0.39, 0.29) is 18.4 Å². The highest BCUT2D eigenvalue weighted by Gasteiger charge is 2.13. The van der Waals surface area contributed by atoms with Gasteiger partial charge < -0.3 is 15.0 Å². The molecule has 1 N–H and O–H groups in total. The fourth-order valence-corrected chi connectivity index (χ4v) is 3.42. The summed E-state index contributed by atoms with van der Waals surface area (Å²) in [4.78, 5) is 26.4. The minimum atomic E-state index is -0.276. The smallest absolute Gasteiger partial charge is 0.262 e. The third-order valence-electron chi connectivity index (χ3n) is 4.63. The van der Waals surface area contributed by atoms with E-state index >= 15 is 0 Å². The predicted octanol–water partition coefficient (Wildman–Crippen LogP) is 5.31. The minimum absolute atomic E-state index is 0.110. The van der Waals surface area contributed by atoms with Crippen molar-refractivity contribution >= 4 is 39.1 Å². The fourth-order valence-electron chi connectivity index (χ4n) is 2.88. The van der Waals surface area contributed by atoms with E-state index in [0.717, 1.165) is 16.6 Å². The molecule has 0 saturated heterocycles. The molecule has 6 heteroatoms. The zero-order chi connectivity index (χ0) is 21.5. The van der Waals surface area contributed by atoms with Gasteiger partial charge in [-0.2, -0.15) is 0 Å². The minimum Gasteiger partial charge on any atom is -0.483 e. The quantitative estimate of drug-likeness (QED) is 0.513. The molecule has 0 aliphatic rings. The SMILES string of the molecule is CCc1ccc(OCC(=O)Nc2ccc(C(=O)N(C)c3ccccc3)cc2)c(Br)c1. The number of hydrogen-bond acceptors (Lipinski definition) is 3. The van der Waals surface area contributed by atoms with Crippen LogP contribution in [0.15, 0.2) is 77.3 Å². The van der Waals surface area contributed by atoms with Crippen LogP contribution >= 0.6 is 15.9 Å². The molecule has 0 fully saturated rings. The van der Waals surface area contributed by atoms with Crippen molar-refractivity contribution in [2.45, 2.75) is 13.3 Å². The van der Waals surface area contributed by atoms with E-state index in [1.165, 1.54) is 5.56 Å². The molecule has 0 aliphatic carbocycles. The first-order chi connectivity index (χ1) is 14.5. The molecule has 0 spiro atoms. The number of nitrogens with zero attached hydrogens (tertiary/aromatic N) is 1. The van der Waals surface area contributed by atoms with Gasteiger partial charge in [-0.25, -0.2) is 0 Å². The Morgan fingerprint density at radius 3 is 2.33 bits per heavy atom. The van der Waals surface area contributed by atoms with Crippen LogP contribution in [0.25, 0.3) is 0 Å². The summed E-state index contributed by atoms with van der Waals surface area (Å²) in [6.45, 7) is 1.97. The molecular formula is C24H23BrN2O3. The third kappa shape index (κ3) is 5.48. The van der Waals surface area contributed by atoms with Crippen LogP contribution in [-0.4, -0.2) is 25.5 Å². The average molecular weight is 467 g/mol. The lowest BCUT2D eigenvalue weighted by atomic mass is 10.1. The summed E-state index contributed by atoms with van der Waals surface area (Å²) in [7, 11) is 1.73. The van der Waals surface area contributed by atoms with Gasteiger partial charge in [-0.15, -0.1) is 0 Å². The molecular weight excluding hydrogens is 444 g/mol. The highest BCUT2D eigenvalue weighted by molar-refractivity contribution is 9.10. The van der Waals surface area contributed by atoms with Gasteiger partial charge in [-0.3, -0.25) is 9.59 Å². The van der Waals surface area contributed by atoms with Crippen LogP contribution in [0.1, 0.15) is 22.8 Å². The van der Waals surface area contributed by atoms with Crippen LogP contribution < -0.4 is 15.0 Å². The van der Waals surface area contributed by atoms with Crippen molar-refractivity contribution in [1.82, 2.24) is 0 Å². The van der Waals surface area contributed by atoms with Gasteiger partial charge in [0.1, 0.15) is 5.75 Å². The Bertz CT molecular complexity index is 1020. The molecule has 0 aliphatic heterocycles. The summed E-state index contributed by atoms with van der Waals surface area (Å²) in [5.74, 6) is 0.219. The van der Waals surface area contributed by atoms with Crippen LogP contribution in [0, 0.1) is 0 Å². The number of para-hydroxylation sites is 1. The summed E-state index contributed by atoms with van der Waals surface area (Å²) in [5.41, 5.74) is 3.14. The van der Waals surface area contributed by atoms with Crippen molar-refractivity contribution in [3.63, 3.8) is 0 Å². The van der Waals surface area contributed by atoms with Crippen LogP contribution in [0.5, 0.6) is 5.75 Å². The molecule has 0 heterocycles. The molecule has 0 saturated carbocycles. The van der Waals surface area contributed by atoms with Crippen molar-refractivity contribution in [3.8, 4) is 5.75 Å². The second-order valence-corrected chi connectivity index (χ2v) is 7.59. The second kappa shape index (κ2) is 10.1. The van der Waals surface area contributed by atoms with E-state index in [2.05, 4.69) is 28.2 Å². The Morgan fingerprint density at radius 1 is 1.00 bits per heavy atom. The van der Waals surface area contributed by atoms with Crippen LogP contribution in [0.3, 0.4) is 0 Å². The number of ether oxygens (including phenoxy) is 1. The van der Waals surface area contributed by atoms with Crippen molar-refractivity contribution in [2.75, 3.05) is 23.9 Å². The van der Waals surface area contributed by atoms with Crippen molar-refractivity contribution < 1.29 is 14.3 Å². The van der Waals surface area contributed by atoms with Gasteiger partial charge in [-0.1, -0.05) is 31.2 Å². The van der Waals surface area contributed by atoms with Crippen LogP contribution in [0.4, 0.5) is 11.4 Å². The van der Waals surface area contributed by atoms with Crippen LogP contribution in [0.2, 0.25) is 0 Å². The molecule has 3 rings (SSSR count). The van der Waals surface area contributed by atoms with Gasteiger partial charge in [0.2, 0.25) is 0 Å². The van der Waals surface area contributed by atoms with E-state index in [4.69, 9.17) is 4.74 Å². The van der Waals surface area contributed by atoms with E-state index in [1.54, 1.807) is 36.2 Å². The lowest BCUT2D eigenvalue weighted by Gasteiger charge is -2.17. The molecule has 5 nitrogen and oxygen atoms in total. The first-order valence-electron chi connectivity index (χ1n) is 9.62. The van der Waals surface area contributed by atoms with E-state index in [9.17, 15) is 9.59 Å². The van der Waals surface area contributed by atoms with Gasteiger partial charge in [0, 0.05) is 24.0 Å². The van der Waals surface area contributed by atoms with Crippen LogP contribution in [-0.2, 0) is 11.2 Å². The van der Waals surface area contributed by atoms with Gasteiger partial charge in [0.05, 0.1) is 4.47 Å². The number of halogens is 1. The maximum atomic E-state index is 12.6. The highest BCUT2D eigenvalue weighted by atomic mass is 79.9. The molecule has 0 radical (unpaired) electrons. The molecule has 2 amide bonds. The molecule has 0 bridgehead atoms. The molecule has 0 unspecified atom stereocenters. The Labute approximate surface area is 184 Å². The highest BCUT2D eigenvalue weighted by Crippen LogP contribution is 2.26. The summed E-state index contributed by atoms with van der Waals surface area (Å²) in [5, 5.41) is 2.78. The normalized spacial score (nSPS) is 10.4. The number of aryl methyl sites for hydroxylation is 1. The zero-order valence-electron chi connectivity index (χ0n) is 16.9. The second-order valence-electron chi connectivity index (χ2n) is 6.73.